The Balaban J connectivity index is 2.01. The fourth-order valence-electron chi connectivity index (χ4n) is 2.92. The Morgan fingerprint density at radius 2 is 1.86 bits per heavy atom. The van der Waals surface area contributed by atoms with E-state index in [1.54, 1.807) is 0 Å². The molecule has 120 valence electrons. The van der Waals surface area contributed by atoms with Crippen molar-refractivity contribution in [2.75, 3.05) is 18.4 Å². The number of carbonyl (C=O) groups is 2. The van der Waals surface area contributed by atoms with Crippen LogP contribution in [0.4, 0.5) is 5.69 Å². The van der Waals surface area contributed by atoms with Crippen LogP contribution in [0.1, 0.15) is 56.6 Å². The molecule has 1 aromatic carbocycles. The lowest BCUT2D eigenvalue weighted by Crippen LogP contribution is -2.37. The maximum absolute atomic E-state index is 12.2. The third-order valence-electron chi connectivity index (χ3n) is 4.21. The second-order valence-electron chi connectivity index (χ2n) is 6.36. The number of anilines is 1. The zero-order chi connectivity index (χ0) is 16.1. The lowest BCUT2D eigenvalue weighted by atomic mass is 9.98. The maximum Gasteiger partial charge on any atom is 0.233 e. The smallest absolute Gasteiger partial charge is 0.233 e. The zero-order valence-corrected chi connectivity index (χ0v) is 13.8. The monoisotopic (exact) mass is 302 g/mol. The highest BCUT2D eigenvalue weighted by Crippen LogP contribution is 2.27. The van der Waals surface area contributed by atoms with Gasteiger partial charge in [-0.1, -0.05) is 32.0 Å². The van der Waals surface area contributed by atoms with Gasteiger partial charge in [0.2, 0.25) is 11.8 Å². The third-order valence-corrected chi connectivity index (χ3v) is 4.21. The van der Waals surface area contributed by atoms with Crippen LogP contribution in [0.25, 0.3) is 0 Å². The number of para-hydroxylation sites is 1. The minimum absolute atomic E-state index is 0.0584. The fraction of sp³-hybridized carbons (Fsp3) is 0.556. The van der Waals surface area contributed by atoms with Crippen LogP contribution in [-0.4, -0.2) is 29.8 Å². The highest BCUT2D eigenvalue weighted by Gasteiger charge is 2.20. The first-order valence-corrected chi connectivity index (χ1v) is 8.16. The quantitative estimate of drug-likeness (QED) is 0.866. The van der Waals surface area contributed by atoms with Crippen molar-refractivity contribution in [2.45, 2.75) is 52.4 Å². The molecule has 1 fully saturated rings. The van der Waals surface area contributed by atoms with Gasteiger partial charge in [0, 0.05) is 18.8 Å². The molecule has 0 aromatic heterocycles. The maximum atomic E-state index is 12.2. The average molecular weight is 302 g/mol. The van der Waals surface area contributed by atoms with Gasteiger partial charge in [0.1, 0.15) is 6.42 Å². The highest BCUT2D eigenvalue weighted by molar-refractivity contribution is 6.04. The van der Waals surface area contributed by atoms with Gasteiger partial charge < -0.3 is 10.2 Å². The summed E-state index contributed by atoms with van der Waals surface area (Å²) in [5.74, 6) is 0.0525. The minimum Gasteiger partial charge on any atom is -0.342 e. The van der Waals surface area contributed by atoms with Crippen molar-refractivity contribution in [1.29, 1.82) is 0 Å². The summed E-state index contributed by atoms with van der Waals surface area (Å²) < 4.78 is 0. The summed E-state index contributed by atoms with van der Waals surface area (Å²) >= 11 is 0. The average Bonchev–Trinajstić information content (AvgIpc) is 2.49. The van der Waals surface area contributed by atoms with E-state index < -0.39 is 0 Å². The SMILES string of the molecule is Cc1cccc(C(C)C)c1NC(=O)CC(=O)N1CCCCC1. The molecule has 1 aliphatic heterocycles. The molecule has 1 saturated heterocycles. The van der Waals surface area contributed by atoms with Crippen LogP contribution >= 0.6 is 0 Å². The molecule has 0 radical (unpaired) electrons. The second-order valence-corrected chi connectivity index (χ2v) is 6.36. The minimum atomic E-state index is -0.216. The molecule has 2 rings (SSSR count). The van der Waals surface area contributed by atoms with Crippen molar-refractivity contribution in [3.63, 3.8) is 0 Å². The van der Waals surface area contributed by atoms with E-state index in [1.165, 1.54) is 6.42 Å². The molecule has 0 unspecified atom stereocenters. The van der Waals surface area contributed by atoms with Crippen LogP contribution < -0.4 is 5.32 Å². The molecule has 1 N–H and O–H groups in total. The molecule has 4 heteroatoms. The Bertz CT molecular complexity index is 546. The van der Waals surface area contributed by atoms with Crippen molar-refractivity contribution in [1.82, 2.24) is 4.90 Å². The molecule has 1 aromatic rings. The first-order chi connectivity index (χ1) is 10.5. The summed E-state index contributed by atoms with van der Waals surface area (Å²) in [6, 6.07) is 6.01. The number of amides is 2. The van der Waals surface area contributed by atoms with E-state index in [0.717, 1.165) is 42.7 Å². The highest BCUT2D eigenvalue weighted by atomic mass is 16.2. The van der Waals surface area contributed by atoms with Gasteiger partial charge in [0.15, 0.2) is 0 Å². The molecule has 1 heterocycles. The summed E-state index contributed by atoms with van der Waals surface area (Å²) in [7, 11) is 0. The molecule has 0 aliphatic carbocycles. The molecular formula is C18H26N2O2. The Labute approximate surface area is 132 Å². The number of piperidine rings is 1. The summed E-state index contributed by atoms with van der Waals surface area (Å²) in [6.45, 7) is 7.75. The largest absolute Gasteiger partial charge is 0.342 e. The first kappa shape index (κ1) is 16.5. The number of carbonyl (C=O) groups excluding carboxylic acids is 2. The topological polar surface area (TPSA) is 49.4 Å². The Morgan fingerprint density at radius 3 is 2.50 bits per heavy atom. The van der Waals surface area contributed by atoms with Crippen molar-refractivity contribution in [2.24, 2.45) is 0 Å². The van der Waals surface area contributed by atoms with Crippen LogP contribution in [0.15, 0.2) is 18.2 Å². The number of aryl methyl sites for hydroxylation is 1. The second kappa shape index (κ2) is 7.43. The van der Waals surface area contributed by atoms with Crippen LogP contribution in [-0.2, 0) is 9.59 Å². The van der Waals surface area contributed by atoms with E-state index in [2.05, 4.69) is 19.2 Å². The van der Waals surface area contributed by atoms with E-state index in [4.69, 9.17) is 0 Å². The normalized spacial score (nSPS) is 15.0. The summed E-state index contributed by atoms with van der Waals surface area (Å²) in [6.07, 6.45) is 3.20. The standard InChI is InChI=1S/C18H26N2O2/c1-13(2)15-9-7-8-14(3)18(15)19-16(21)12-17(22)20-10-5-4-6-11-20/h7-9,13H,4-6,10-12H2,1-3H3,(H,19,21). The Kier molecular flexibility index (Phi) is 5.58. The number of hydrogen-bond acceptors (Lipinski definition) is 2. The van der Waals surface area contributed by atoms with Crippen molar-refractivity contribution < 1.29 is 9.59 Å². The van der Waals surface area contributed by atoms with Gasteiger partial charge in [-0.2, -0.15) is 0 Å². The molecule has 0 bridgehead atoms. The van der Waals surface area contributed by atoms with E-state index >= 15 is 0 Å². The molecule has 2 amide bonds. The molecule has 0 atom stereocenters. The predicted octanol–water partition coefficient (Wildman–Crippen LogP) is 3.46. The van der Waals surface area contributed by atoms with Crippen LogP contribution in [0, 0.1) is 6.92 Å². The lowest BCUT2D eigenvalue weighted by Gasteiger charge is -2.26. The molecule has 22 heavy (non-hydrogen) atoms. The van der Waals surface area contributed by atoms with E-state index in [-0.39, 0.29) is 18.2 Å². The number of likely N-dealkylation sites (tertiary alicyclic amines) is 1. The van der Waals surface area contributed by atoms with Crippen LogP contribution in [0.3, 0.4) is 0 Å². The summed E-state index contributed by atoms with van der Waals surface area (Å²) in [5, 5.41) is 2.94. The van der Waals surface area contributed by atoms with Gasteiger partial charge in [-0.25, -0.2) is 0 Å². The van der Waals surface area contributed by atoms with Gasteiger partial charge in [0.05, 0.1) is 0 Å². The number of nitrogens with zero attached hydrogens (tertiary/aromatic N) is 1. The number of hydrogen-bond donors (Lipinski definition) is 1. The zero-order valence-electron chi connectivity index (χ0n) is 13.8. The fourth-order valence-corrected chi connectivity index (χ4v) is 2.92. The van der Waals surface area contributed by atoms with E-state index in [1.807, 2.05) is 30.0 Å². The van der Waals surface area contributed by atoms with Gasteiger partial charge in [-0.3, -0.25) is 9.59 Å². The van der Waals surface area contributed by atoms with Crippen LogP contribution in [0.2, 0.25) is 0 Å². The number of benzene rings is 1. The molecule has 4 nitrogen and oxygen atoms in total. The number of nitrogens with one attached hydrogen (secondary N) is 1. The molecule has 0 saturated carbocycles. The van der Waals surface area contributed by atoms with E-state index in [0.29, 0.717) is 5.92 Å². The number of rotatable bonds is 4. The Hall–Kier alpha value is -1.84. The first-order valence-electron chi connectivity index (χ1n) is 8.16. The summed E-state index contributed by atoms with van der Waals surface area (Å²) in [4.78, 5) is 26.2. The third kappa shape index (κ3) is 4.09. The summed E-state index contributed by atoms with van der Waals surface area (Å²) in [5.41, 5.74) is 3.00. The van der Waals surface area contributed by atoms with Gasteiger partial charge in [0.25, 0.3) is 0 Å². The predicted molar refractivity (Wildman–Crippen MR) is 88.9 cm³/mol. The van der Waals surface area contributed by atoms with Gasteiger partial charge >= 0.3 is 0 Å². The van der Waals surface area contributed by atoms with Crippen molar-refractivity contribution in [3.05, 3.63) is 29.3 Å². The van der Waals surface area contributed by atoms with Crippen molar-refractivity contribution >= 4 is 17.5 Å². The lowest BCUT2D eigenvalue weighted by molar-refractivity contribution is -0.135. The Morgan fingerprint density at radius 1 is 1.18 bits per heavy atom. The molecular weight excluding hydrogens is 276 g/mol. The van der Waals surface area contributed by atoms with Gasteiger partial charge in [-0.15, -0.1) is 0 Å². The molecule has 0 spiro atoms. The van der Waals surface area contributed by atoms with E-state index in [9.17, 15) is 9.59 Å². The van der Waals surface area contributed by atoms with Gasteiger partial charge in [-0.05, 0) is 43.2 Å². The van der Waals surface area contributed by atoms with Crippen molar-refractivity contribution in [3.8, 4) is 0 Å². The van der Waals surface area contributed by atoms with Crippen LogP contribution in [0.5, 0.6) is 0 Å². The molecule has 1 aliphatic rings.